The van der Waals surface area contributed by atoms with Gasteiger partial charge in [0.2, 0.25) is 5.91 Å². The molecule has 1 unspecified atom stereocenters. The van der Waals surface area contributed by atoms with Gasteiger partial charge in [-0.3, -0.25) is 4.79 Å². The smallest absolute Gasteiger partial charge is 0.233 e. The number of hydrogen-bond acceptors (Lipinski definition) is 5. The van der Waals surface area contributed by atoms with Crippen LogP contribution in [0.4, 0.5) is 0 Å². The Hall–Kier alpha value is -0.770. The average Bonchev–Trinajstić information content (AvgIpc) is 2.46. The lowest BCUT2D eigenvalue weighted by Gasteiger charge is -2.39. The highest BCUT2D eigenvalue weighted by Gasteiger charge is 2.38. The van der Waals surface area contributed by atoms with Gasteiger partial charge in [-0.25, -0.2) is 0 Å². The van der Waals surface area contributed by atoms with E-state index >= 15 is 0 Å². The van der Waals surface area contributed by atoms with E-state index in [4.69, 9.17) is 5.11 Å². The number of rotatable bonds is 6. The fourth-order valence-electron chi connectivity index (χ4n) is 2.33. The number of thioether (sulfide) groups is 1. The molecule has 0 saturated heterocycles. The number of aliphatic hydroxyl groups is 2. The average molecular weight is 286 g/mol. The number of carbonyl (C=O) groups excluding carboxylic acids is 1. The molecule has 0 spiro atoms. The zero-order valence-corrected chi connectivity index (χ0v) is 12.2. The molecular formula is C13H22N2O3S. The van der Waals surface area contributed by atoms with Crippen LogP contribution in [0.5, 0.6) is 0 Å². The Morgan fingerprint density at radius 2 is 2.11 bits per heavy atom. The third kappa shape index (κ3) is 4.37. The lowest BCUT2D eigenvalue weighted by molar-refractivity contribution is -0.131. The molecule has 1 fully saturated rings. The van der Waals surface area contributed by atoms with E-state index < -0.39 is 11.6 Å². The molecule has 1 amide bonds. The molecule has 0 radical (unpaired) electrons. The van der Waals surface area contributed by atoms with Gasteiger partial charge in [-0.05, 0) is 12.8 Å². The molecule has 108 valence electrons. The molecule has 0 aromatic rings. The minimum absolute atomic E-state index is 0.0846. The molecule has 1 rings (SSSR count). The molecule has 0 bridgehead atoms. The van der Waals surface area contributed by atoms with E-state index in [0.29, 0.717) is 5.75 Å². The fraction of sp³-hybridized carbons (Fsp3) is 0.846. The van der Waals surface area contributed by atoms with Gasteiger partial charge in [-0.15, -0.1) is 11.8 Å². The zero-order valence-electron chi connectivity index (χ0n) is 11.3. The molecular weight excluding hydrogens is 264 g/mol. The van der Waals surface area contributed by atoms with Crippen molar-refractivity contribution in [2.45, 2.75) is 43.7 Å². The van der Waals surface area contributed by atoms with Crippen LogP contribution in [0.1, 0.15) is 32.1 Å². The van der Waals surface area contributed by atoms with E-state index in [0.717, 1.165) is 32.1 Å². The van der Waals surface area contributed by atoms with E-state index in [2.05, 4.69) is 6.07 Å². The second kappa shape index (κ2) is 7.73. The van der Waals surface area contributed by atoms with Crippen molar-refractivity contribution in [3.05, 3.63) is 0 Å². The van der Waals surface area contributed by atoms with Crippen LogP contribution in [0.2, 0.25) is 0 Å². The minimum Gasteiger partial charge on any atom is -0.394 e. The van der Waals surface area contributed by atoms with Gasteiger partial charge in [-0.2, -0.15) is 5.26 Å². The second-order valence-electron chi connectivity index (χ2n) is 5.01. The number of aliphatic hydroxyl groups excluding tert-OH is 2. The van der Waals surface area contributed by atoms with Gasteiger partial charge in [0.05, 0.1) is 24.5 Å². The number of nitrogens with zero attached hydrogens (tertiary/aromatic N) is 2. The zero-order chi connectivity index (χ0) is 14.3. The molecule has 5 nitrogen and oxygen atoms in total. The summed E-state index contributed by atoms with van der Waals surface area (Å²) in [5.74, 6) is 0.477. The topological polar surface area (TPSA) is 84.6 Å². The van der Waals surface area contributed by atoms with Gasteiger partial charge in [0, 0.05) is 12.8 Å². The molecule has 1 atom stereocenters. The largest absolute Gasteiger partial charge is 0.394 e. The van der Waals surface area contributed by atoms with Crippen molar-refractivity contribution in [2.75, 3.05) is 25.2 Å². The summed E-state index contributed by atoms with van der Waals surface area (Å²) in [4.78, 5) is 13.7. The third-order valence-electron chi connectivity index (χ3n) is 3.65. The number of amides is 1. The van der Waals surface area contributed by atoms with Crippen LogP contribution in [0.15, 0.2) is 0 Å². The highest BCUT2D eigenvalue weighted by molar-refractivity contribution is 7.99. The van der Waals surface area contributed by atoms with Gasteiger partial charge >= 0.3 is 0 Å². The molecule has 6 heteroatoms. The van der Waals surface area contributed by atoms with Crippen molar-refractivity contribution in [3.8, 4) is 6.07 Å². The van der Waals surface area contributed by atoms with Crippen LogP contribution in [0.3, 0.4) is 0 Å². The van der Waals surface area contributed by atoms with Gasteiger partial charge < -0.3 is 15.1 Å². The van der Waals surface area contributed by atoms with Crippen LogP contribution in [-0.2, 0) is 4.79 Å². The van der Waals surface area contributed by atoms with Gasteiger partial charge in [-0.1, -0.05) is 19.3 Å². The van der Waals surface area contributed by atoms with E-state index in [9.17, 15) is 15.2 Å². The van der Waals surface area contributed by atoms with Crippen LogP contribution in [-0.4, -0.2) is 57.8 Å². The maximum atomic E-state index is 12.1. The predicted molar refractivity (Wildman–Crippen MR) is 74.6 cm³/mol. The first kappa shape index (κ1) is 16.3. The number of nitriles is 1. The number of hydrogen-bond donors (Lipinski definition) is 2. The minimum atomic E-state index is -0.789. The summed E-state index contributed by atoms with van der Waals surface area (Å²) in [7, 11) is 1.69. The molecule has 19 heavy (non-hydrogen) atoms. The first-order chi connectivity index (χ1) is 9.05. The maximum Gasteiger partial charge on any atom is 0.233 e. The first-order valence-electron chi connectivity index (χ1n) is 6.60. The first-order valence-corrected chi connectivity index (χ1v) is 7.76. The Balaban J connectivity index is 2.48. The molecule has 0 heterocycles. The van der Waals surface area contributed by atoms with Gasteiger partial charge in [0.25, 0.3) is 0 Å². The molecule has 0 aromatic carbocycles. The fourth-order valence-corrected chi connectivity index (χ4v) is 3.19. The molecule has 0 aromatic heterocycles. The molecule has 0 aliphatic heterocycles. The lowest BCUT2D eigenvalue weighted by atomic mass is 9.81. The van der Waals surface area contributed by atoms with Crippen LogP contribution < -0.4 is 0 Å². The molecule has 1 aliphatic rings. The van der Waals surface area contributed by atoms with Crippen LogP contribution >= 0.6 is 11.8 Å². The SMILES string of the molecule is CN(C(=O)CSCC(O)CO)C1(C#N)CCCCC1. The van der Waals surface area contributed by atoms with Gasteiger partial charge in [0.1, 0.15) is 5.54 Å². The molecule has 2 N–H and O–H groups in total. The summed E-state index contributed by atoms with van der Waals surface area (Å²) in [6.45, 7) is -0.292. The highest BCUT2D eigenvalue weighted by atomic mass is 32.2. The Labute approximate surface area is 118 Å². The Bertz CT molecular complexity index is 337. The Morgan fingerprint density at radius 1 is 1.47 bits per heavy atom. The van der Waals surface area contributed by atoms with Crippen molar-refractivity contribution in [2.24, 2.45) is 0 Å². The standard InChI is InChI=1S/C13H22N2O3S/c1-15(12(18)9-19-8-11(17)7-16)13(10-14)5-3-2-4-6-13/h11,16-17H,2-9H2,1H3. The third-order valence-corrected chi connectivity index (χ3v) is 4.72. The molecule has 1 saturated carbocycles. The highest BCUT2D eigenvalue weighted by Crippen LogP contribution is 2.32. The van der Waals surface area contributed by atoms with Gasteiger partial charge in [0.15, 0.2) is 0 Å². The number of carbonyl (C=O) groups is 1. The normalized spacial score (nSPS) is 19.5. The monoisotopic (exact) mass is 286 g/mol. The van der Waals surface area contributed by atoms with E-state index in [1.54, 1.807) is 11.9 Å². The Morgan fingerprint density at radius 3 is 2.63 bits per heavy atom. The van der Waals surface area contributed by atoms with Crippen molar-refractivity contribution >= 4 is 17.7 Å². The summed E-state index contributed by atoms with van der Waals surface area (Å²) in [6, 6.07) is 2.31. The molecule has 1 aliphatic carbocycles. The van der Waals surface area contributed by atoms with Crippen molar-refractivity contribution in [1.82, 2.24) is 4.90 Å². The maximum absolute atomic E-state index is 12.1. The summed E-state index contributed by atoms with van der Waals surface area (Å²) in [6.07, 6.45) is 3.81. The lowest BCUT2D eigenvalue weighted by Crippen LogP contribution is -2.50. The summed E-state index contributed by atoms with van der Waals surface area (Å²) in [5.41, 5.74) is -0.647. The quantitative estimate of drug-likeness (QED) is 0.753. The van der Waals surface area contributed by atoms with E-state index in [1.165, 1.54) is 11.8 Å². The van der Waals surface area contributed by atoms with E-state index in [1.807, 2.05) is 0 Å². The van der Waals surface area contributed by atoms with Crippen LogP contribution in [0.25, 0.3) is 0 Å². The van der Waals surface area contributed by atoms with Crippen LogP contribution in [0, 0.1) is 11.3 Å². The van der Waals surface area contributed by atoms with Crippen molar-refractivity contribution in [3.63, 3.8) is 0 Å². The predicted octanol–water partition coefficient (Wildman–Crippen LogP) is 0.758. The van der Waals surface area contributed by atoms with Crippen molar-refractivity contribution < 1.29 is 15.0 Å². The summed E-state index contributed by atoms with van der Waals surface area (Å²) in [5, 5.41) is 27.3. The Kier molecular flexibility index (Phi) is 6.63. The summed E-state index contributed by atoms with van der Waals surface area (Å²) < 4.78 is 0. The van der Waals surface area contributed by atoms with E-state index in [-0.39, 0.29) is 18.3 Å². The van der Waals surface area contributed by atoms with Crippen molar-refractivity contribution in [1.29, 1.82) is 5.26 Å². The second-order valence-corrected chi connectivity index (χ2v) is 6.04. The summed E-state index contributed by atoms with van der Waals surface area (Å²) >= 11 is 1.28.